The van der Waals surface area contributed by atoms with Gasteiger partial charge in [-0.3, -0.25) is 0 Å². The average molecular weight is 272 g/mol. The largest absolute Gasteiger partial charge is 0.573 e. The molecular formula is C10H10ClF4NO. The van der Waals surface area contributed by atoms with Gasteiger partial charge in [-0.25, -0.2) is 4.39 Å². The van der Waals surface area contributed by atoms with Gasteiger partial charge in [-0.2, -0.15) is 0 Å². The zero-order valence-electron chi connectivity index (χ0n) is 8.55. The maximum absolute atomic E-state index is 13.2. The van der Waals surface area contributed by atoms with Crippen LogP contribution in [0, 0.1) is 5.82 Å². The van der Waals surface area contributed by atoms with Gasteiger partial charge in [0.25, 0.3) is 0 Å². The van der Waals surface area contributed by atoms with E-state index in [4.69, 9.17) is 0 Å². The zero-order chi connectivity index (χ0) is 11.8. The van der Waals surface area contributed by atoms with E-state index in [1.807, 2.05) is 0 Å². The summed E-state index contributed by atoms with van der Waals surface area (Å²) in [5.74, 6) is -1.79. The first-order valence-corrected chi connectivity index (χ1v) is 4.74. The van der Waals surface area contributed by atoms with Crippen LogP contribution >= 0.6 is 12.4 Å². The van der Waals surface area contributed by atoms with Crippen LogP contribution in [0.4, 0.5) is 17.6 Å². The quantitative estimate of drug-likeness (QED) is 0.834. The van der Waals surface area contributed by atoms with Gasteiger partial charge in [0.1, 0.15) is 0 Å². The topological polar surface area (TPSA) is 21.3 Å². The molecule has 1 aliphatic rings. The Morgan fingerprint density at radius 1 is 1.29 bits per heavy atom. The highest BCUT2D eigenvalue weighted by Crippen LogP contribution is 2.30. The van der Waals surface area contributed by atoms with E-state index in [2.05, 4.69) is 10.1 Å². The summed E-state index contributed by atoms with van der Waals surface area (Å²) in [6.07, 6.45) is -4.00. The fourth-order valence-electron chi connectivity index (χ4n) is 1.51. The minimum atomic E-state index is -4.86. The highest BCUT2D eigenvalue weighted by atomic mass is 35.5. The lowest BCUT2D eigenvalue weighted by molar-refractivity contribution is -0.275. The number of rotatable bonds is 2. The lowest BCUT2D eigenvalue weighted by Crippen LogP contribution is -2.34. The van der Waals surface area contributed by atoms with Gasteiger partial charge >= 0.3 is 6.36 Å². The second kappa shape index (κ2) is 5.10. The van der Waals surface area contributed by atoms with Crippen LogP contribution in [0.3, 0.4) is 0 Å². The van der Waals surface area contributed by atoms with E-state index in [1.54, 1.807) is 0 Å². The molecule has 1 N–H and O–H groups in total. The molecule has 0 bridgehead atoms. The molecule has 1 saturated heterocycles. The Bertz CT molecular complexity index is 392. The van der Waals surface area contributed by atoms with Gasteiger partial charge < -0.3 is 10.1 Å². The van der Waals surface area contributed by atoms with Crippen molar-refractivity contribution in [3.8, 4) is 5.75 Å². The third-order valence-corrected chi connectivity index (χ3v) is 2.41. The lowest BCUT2D eigenvalue weighted by Gasteiger charge is -2.28. The van der Waals surface area contributed by atoms with E-state index in [-0.39, 0.29) is 18.4 Å². The summed E-state index contributed by atoms with van der Waals surface area (Å²) in [5.41, 5.74) is 0.637. The van der Waals surface area contributed by atoms with Crippen LogP contribution in [0.25, 0.3) is 0 Å². The molecule has 0 aromatic heterocycles. The first-order chi connectivity index (χ1) is 7.46. The van der Waals surface area contributed by atoms with Crippen molar-refractivity contribution >= 4 is 12.4 Å². The molecule has 0 spiro atoms. The number of benzene rings is 1. The minimum absolute atomic E-state index is 0. The van der Waals surface area contributed by atoms with Gasteiger partial charge in [-0.05, 0) is 30.7 Å². The summed E-state index contributed by atoms with van der Waals surface area (Å²) in [6, 6.07) is 3.53. The fraction of sp³-hybridized carbons (Fsp3) is 0.400. The second-order valence-corrected chi connectivity index (χ2v) is 3.53. The van der Waals surface area contributed by atoms with Crippen molar-refractivity contribution in [1.82, 2.24) is 5.32 Å². The molecule has 0 radical (unpaired) electrons. The third kappa shape index (κ3) is 3.47. The Labute approximate surface area is 101 Å². The monoisotopic (exact) mass is 271 g/mol. The molecule has 17 heavy (non-hydrogen) atoms. The van der Waals surface area contributed by atoms with Crippen molar-refractivity contribution in [2.45, 2.75) is 18.8 Å². The van der Waals surface area contributed by atoms with Gasteiger partial charge in [0.05, 0.1) is 0 Å². The number of hydrogen-bond acceptors (Lipinski definition) is 2. The van der Waals surface area contributed by atoms with Crippen molar-refractivity contribution in [2.75, 3.05) is 6.54 Å². The summed E-state index contributed by atoms with van der Waals surface area (Å²) >= 11 is 0. The van der Waals surface area contributed by atoms with Gasteiger partial charge in [0.15, 0.2) is 11.6 Å². The van der Waals surface area contributed by atoms with E-state index in [0.29, 0.717) is 5.56 Å². The maximum Gasteiger partial charge on any atom is 0.573 e. The van der Waals surface area contributed by atoms with Crippen molar-refractivity contribution < 1.29 is 22.3 Å². The Morgan fingerprint density at radius 3 is 2.35 bits per heavy atom. The summed E-state index contributed by atoms with van der Waals surface area (Å²) in [7, 11) is 0. The predicted molar refractivity (Wildman–Crippen MR) is 55.7 cm³/mol. The molecule has 7 heteroatoms. The van der Waals surface area contributed by atoms with Crippen molar-refractivity contribution in [3.63, 3.8) is 0 Å². The molecule has 0 aliphatic carbocycles. The Morgan fingerprint density at radius 2 is 1.94 bits per heavy atom. The normalized spacial score (nSPS) is 19.2. The van der Waals surface area contributed by atoms with Crippen LogP contribution in [0.1, 0.15) is 18.0 Å². The van der Waals surface area contributed by atoms with Gasteiger partial charge in [-0.15, -0.1) is 25.6 Å². The summed E-state index contributed by atoms with van der Waals surface area (Å²) in [5, 5.41) is 3.03. The minimum Gasteiger partial charge on any atom is -0.403 e. The molecule has 0 saturated carbocycles. The van der Waals surface area contributed by atoms with Gasteiger partial charge in [0.2, 0.25) is 0 Å². The molecule has 2 rings (SSSR count). The average Bonchev–Trinajstić information content (AvgIpc) is 2.04. The van der Waals surface area contributed by atoms with Crippen LogP contribution < -0.4 is 10.1 Å². The van der Waals surface area contributed by atoms with E-state index in [9.17, 15) is 17.6 Å². The number of alkyl halides is 3. The third-order valence-electron chi connectivity index (χ3n) is 2.41. The van der Waals surface area contributed by atoms with Crippen molar-refractivity contribution in [3.05, 3.63) is 29.6 Å². The Kier molecular flexibility index (Phi) is 4.21. The SMILES string of the molecule is Cl.Fc1cc([C@@H]2CCN2)ccc1OC(F)(F)F. The first-order valence-electron chi connectivity index (χ1n) is 4.74. The number of nitrogens with one attached hydrogen (secondary N) is 1. The fourth-order valence-corrected chi connectivity index (χ4v) is 1.51. The second-order valence-electron chi connectivity index (χ2n) is 3.53. The predicted octanol–water partition coefficient (Wildman–Crippen LogP) is 3.18. The van der Waals surface area contributed by atoms with Crippen LogP contribution in [-0.2, 0) is 0 Å². The summed E-state index contributed by atoms with van der Waals surface area (Å²) in [6.45, 7) is 0.840. The lowest BCUT2D eigenvalue weighted by atomic mass is 9.98. The molecule has 1 aliphatic heterocycles. The van der Waals surface area contributed by atoms with Gasteiger partial charge in [0, 0.05) is 6.04 Å². The summed E-state index contributed by atoms with van der Waals surface area (Å²) < 4.78 is 52.3. The zero-order valence-corrected chi connectivity index (χ0v) is 9.37. The molecular weight excluding hydrogens is 262 g/mol. The number of halogens is 5. The molecule has 1 aromatic rings. The van der Waals surface area contributed by atoms with E-state index in [0.717, 1.165) is 25.1 Å². The molecule has 1 atom stereocenters. The van der Waals surface area contributed by atoms with Crippen molar-refractivity contribution in [2.24, 2.45) is 0 Å². The number of ether oxygens (including phenoxy) is 1. The molecule has 0 unspecified atom stereocenters. The standard InChI is InChI=1S/C10H9F4NO.ClH/c11-7-5-6(8-3-4-15-8)1-2-9(7)16-10(12,13)14;/h1-2,5,8,15H,3-4H2;1H/t8-;/m0./s1. The van der Waals surface area contributed by atoms with E-state index < -0.39 is 17.9 Å². The molecule has 96 valence electrons. The number of hydrogen-bond donors (Lipinski definition) is 1. The maximum atomic E-state index is 13.2. The Hall–Kier alpha value is -1.01. The van der Waals surface area contributed by atoms with Crippen LogP contribution in [0.2, 0.25) is 0 Å². The molecule has 1 aromatic carbocycles. The van der Waals surface area contributed by atoms with E-state index >= 15 is 0 Å². The highest BCUT2D eigenvalue weighted by molar-refractivity contribution is 5.85. The summed E-state index contributed by atoms with van der Waals surface area (Å²) in [4.78, 5) is 0. The van der Waals surface area contributed by atoms with Crippen molar-refractivity contribution in [1.29, 1.82) is 0 Å². The van der Waals surface area contributed by atoms with Crippen LogP contribution in [0.5, 0.6) is 5.75 Å². The molecule has 1 fully saturated rings. The molecule has 1 heterocycles. The highest BCUT2D eigenvalue weighted by Gasteiger charge is 2.32. The van der Waals surface area contributed by atoms with Crippen LogP contribution in [0.15, 0.2) is 18.2 Å². The van der Waals surface area contributed by atoms with Crippen LogP contribution in [-0.4, -0.2) is 12.9 Å². The van der Waals surface area contributed by atoms with Gasteiger partial charge in [-0.1, -0.05) is 6.07 Å². The Balaban J connectivity index is 0.00000144. The molecule has 0 amide bonds. The first kappa shape index (κ1) is 14.1. The molecule has 2 nitrogen and oxygen atoms in total. The van der Waals surface area contributed by atoms with E-state index in [1.165, 1.54) is 6.07 Å². The smallest absolute Gasteiger partial charge is 0.403 e.